The van der Waals surface area contributed by atoms with Crippen molar-refractivity contribution in [2.75, 3.05) is 12.4 Å². The summed E-state index contributed by atoms with van der Waals surface area (Å²) in [6, 6.07) is 20.2. The summed E-state index contributed by atoms with van der Waals surface area (Å²) in [5.41, 5.74) is 2.28. The quantitative estimate of drug-likeness (QED) is 0.515. The van der Waals surface area contributed by atoms with Gasteiger partial charge in [0.15, 0.2) is 5.78 Å². The van der Waals surface area contributed by atoms with E-state index in [1.54, 1.807) is 19.2 Å². The normalized spacial score (nSPS) is 11.7. The fourth-order valence-electron chi connectivity index (χ4n) is 2.77. The Morgan fingerprint density at radius 1 is 1.00 bits per heavy atom. The van der Waals surface area contributed by atoms with Crippen LogP contribution in [0.1, 0.15) is 28.4 Å². The van der Waals surface area contributed by atoms with Crippen molar-refractivity contribution < 1.29 is 13.9 Å². The average Bonchev–Trinajstić information content (AvgIpc) is 2.69. The number of ether oxygens (including phenoxy) is 1. The zero-order chi connectivity index (χ0) is 19.2. The number of methoxy groups -OCH3 is 1. The summed E-state index contributed by atoms with van der Waals surface area (Å²) in [5, 5.41) is 4.02. The van der Waals surface area contributed by atoms with Crippen molar-refractivity contribution in [3.8, 4) is 5.75 Å². The molecule has 0 radical (unpaired) electrons. The zero-order valence-corrected chi connectivity index (χ0v) is 15.5. The van der Waals surface area contributed by atoms with E-state index in [-0.39, 0.29) is 24.1 Å². The number of halogens is 2. The Balaban J connectivity index is 1.83. The fraction of sp³-hybridized carbons (Fsp3) is 0.136. The molecule has 3 nitrogen and oxygen atoms in total. The van der Waals surface area contributed by atoms with Crippen LogP contribution in [0.2, 0.25) is 5.02 Å². The number of benzene rings is 3. The molecule has 1 N–H and O–H groups in total. The lowest BCUT2D eigenvalue weighted by molar-refractivity contribution is 0.0976. The Morgan fingerprint density at radius 3 is 2.22 bits per heavy atom. The standard InChI is InChI=1S/C22H19ClFNO2/c1-27-20-12-10-19(11-13-20)25-21(15-2-6-17(23)7-3-15)14-22(26)16-4-8-18(24)9-5-16/h2-13,21,25H,14H2,1H3. The summed E-state index contributed by atoms with van der Waals surface area (Å²) in [6.07, 6.45) is 0.222. The van der Waals surface area contributed by atoms with Gasteiger partial charge in [-0.05, 0) is 66.2 Å². The number of carbonyl (C=O) groups excluding carboxylic acids is 1. The molecule has 27 heavy (non-hydrogen) atoms. The van der Waals surface area contributed by atoms with Gasteiger partial charge in [0, 0.05) is 22.7 Å². The largest absolute Gasteiger partial charge is 0.497 e. The first-order valence-electron chi connectivity index (χ1n) is 8.50. The smallest absolute Gasteiger partial charge is 0.165 e. The molecular formula is C22H19ClFNO2. The first-order chi connectivity index (χ1) is 13.0. The lowest BCUT2D eigenvalue weighted by Crippen LogP contribution is -2.16. The molecule has 0 saturated heterocycles. The number of ketones is 1. The molecule has 0 heterocycles. The van der Waals surface area contributed by atoms with Crippen LogP contribution in [0.4, 0.5) is 10.1 Å². The van der Waals surface area contributed by atoms with E-state index >= 15 is 0 Å². The van der Waals surface area contributed by atoms with Crippen LogP contribution in [-0.2, 0) is 0 Å². The predicted octanol–water partition coefficient (Wildman–Crippen LogP) is 5.91. The van der Waals surface area contributed by atoms with Crippen molar-refractivity contribution in [3.05, 3.63) is 94.8 Å². The van der Waals surface area contributed by atoms with Gasteiger partial charge in [0.2, 0.25) is 0 Å². The van der Waals surface area contributed by atoms with E-state index in [1.165, 1.54) is 24.3 Å². The van der Waals surface area contributed by atoms with Gasteiger partial charge >= 0.3 is 0 Å². The van der Waals surface area contributed by atoms with Crippen molar-refractivity contribution in [1.82, 2.24) is 0 Å². The predicted molar refractivity (Wildman–Crippen MR) is 106 cm³/mol. The molecule has 3 aromatic rings. The molecule has 3 rings (SSSR count). The molecule has 0 fully saturated rings. The maximum absolute atomic E-state index is 13.1. The third-order valence-corrected chi connectivity index (χ3v) is 4.51. The van der Waals surface area contributed by atoms with Crippen molar-refractivity contribution in [1.29, 1.82) is 0 Å². The average molecular weight is 384 g/mol. The maximum atomic E-state index is 13.1. The fourth-order valence-corrected chi connectivity index (χ4v) is 2.90. The minimum atomic E-state index is -0.364. The molecule has 0 spiro atoms. The summed E-state index contributed by atoms with van der Waals surface area (Å²) >= 11 is 5.99. The Kier molecular flexibility index (Phi) is 6.09. The lowest BCUT2D eigenvalue weighted by Gasteiger charge is -2.20. The van der Waals surface area contributed by atoms with Gasteiger partial charge < -0.3 is 10.1 Å². The van der Waals surface area contributed by atoms with Crippen LogP contribution >= 0.6 is 11.6 Å². The summed E-state index contributed by atoms with van der Waals surface area (Å²) in [6.45, 7) is 0. The van der Waals surface area contributed by atoms with Gasteiger partial charge in [-0.1, -0.05) is 23.7 Å². The van der Waals surface area contributed by atoms with Crippen LogP contribution in [0.25, 0.3) is 0 Å². The molecule has 0 aliphatic carbocycles. The van der Waals surface area contributed by atoms with Crippen LogP contribution in [0, 0.1) is 5.82 Å². The van der Waals surface area contributed by atoms with Crippen LogP contribution < -0.4 is 10.1 Å². The minimum absolute atomic E-state index is 0.0732. The van der Waals surface area contributed by atoms with Crippen molar-refractivity contribution in [3.63, 3.8) is 0 Å². The summed E-state index contributed by atoms with van der Waals surface area (Å²) < 4.78 is 18.3. The van der Waals surface area contributed by atoms with Gasteiger partial charge in [-0.2, -0.15) is 0 Å². The molecule has 138 valence electrons. The van der Waals surface area contributed by atoms with Crippen molar-refractivity contribution >= 4 is 23.1 Å². The third kappa shape index (κ3) is 5.08. The maximum Gasteiger partial charge on any atom is 0.165 e. The van der Waals surface area contributed by atoms with E-state index in [4.69, 9.17) is 16.3 Å². The Hall–Kier alpha value is -2.85. The van der Waals surface area contributed by atoms with E-state index in [1.807, 2.05) is 36.4 Å². The van der Waals surface area contributed by atoms with E-state index in [0.717, 1.165) is 17.0 Å². The second kappa shape index (κ2) is 8.69. The molecule has 0 aliphatic rings. The molecule has 1 atom stereocenters. The van der Waals surface area contributed by atoms with E-state index in [9.17, 15) is 9.18 Å². The monoisotopic (exact) mass is 383 g/mol. The SMILES string of the molecule is COc1ccc(NC(CC(=O)c2ccc(F)cc2)c2ccc(Cl)cc2)cc1. The molecular weight excluding hydrogens is 365 g/mol. The first-order valence-corrected chi connectivity index (χ1v) is 8.88. The number of rotatable bonds is 7. The number of anilines is 1. The molecule has 0 bridgehead atoms. The number of carbonyl (C=O) groups is 1. The van der Waals surface area contributed by atoms with Crippen molar-refractivity contribution in [2.45, 2.75) is 12.5 Å². The summed E-state index contributed by atoms with van der Waals surface area (Å²) in [5.74, 6) is 0.319. The van der Waals surface area contributed by atoms with Crippen molar-refractivity contribution in [2.24, 2.45) is 0 Å². The highest BCUT2D eigenvalue weighted by Gasteiger charge is 2.17. The lowest BCUT2D eigenvalue weighted by atomic mass is 9.97. The molecule has 0 aromatic heterocycles. The zero-order valence-electron chi connectivity index (χ0n) is 14.8. The van der Waals surface area contributed by atoms with E-state index in [0.29, 0.717) is 10.6 Å². The Labute approximate surface area is 162 Å². The number of hydrogen-bond donors (Lipinski definition) is 1. The summed E-state index contributed by atoms with van der Waals surface area (Å²) in [4.78, 5) is 12.7. The Morgan fingerprint density at radius 2 is 1.63 bits per heavy atom. The van der Waals surface area contributed by atoms with E-state index < -0.39 is 0 Å². The van der Waals surface area contributed by atoms with Crippen LogP contribution in [0.15, 0.2) is 72.8 Å². The Bertz CT molecular complexity index is 893. The highest BCUT2D eigenvalue weighted by Crippen LogP contribution is 2.27. The van der Waals surface area contributed by atoms with Crippen LogP contribution in [0.3, 0.4) is 0 Å². The van der Waals surface area contributed by atoms with Gasteiger partial charge in [-0.3, -0.25) is 4.79 Å². The number of hydrogen-bond acceptors (Lipinski definition) is 3. The second-order valence-electron chi connectivity index (χ2n) is 6.11. The molecule has 0 amide bonds. The van der Waals surface area contributed by atoms with Gasteiger partial charge in [-0.15, -0.1) is 0 Å². The highest BCUT2D eigenvalue weighted by atomic mass is 35.5. The number of Topliss-reactive ketones (excluding diaryl/α,β-unsaturated/α-hetero) is 1. The first kappa shape index (κ1) is 18.9. The molecule has 3 aromatic carbocycles. The highest BCUT2D eigenvalue weighted by molar-refractivity contribution is 6.30. The van der Waals surface area contributed by atoms with Crippen LogP contribution in [0.5, 0.6) is 5.75 Å². The molecule has 0 aliphatic heterocycles. The molecule has 0 saturated carbocycles. The van der Waals surface area contributed by atoms with Gasteiger partial charge in [0.1, 0.15) is 11.6 Å². The topological polar surface area (TPSA) is 38.3 Å². The van der Waals surface area contributed by atoms with Gasteiger partial charge in [-0.25, -0.2) is 4.39 Å². The third-order valence-electron chi connectivity index (χ3n) is 4.26. The van der Waals surface area contributed by atoms with Gasteiger partial charge in [0.05, 0.1) is 13.2 Å². The number of nitrogens with one attached hydrogen (secondary N) is 1. The van der Waals surface area contributed by atoms with E-state index in [2.05, 4.69) is 5.32 Å². The van der Waals surface area contributed by atoms with Gasteiger partial charge in [0.25, 0.3) is 0 Å². The summed E-state index contributed by atoms with van der Waals surface area (Å²) in [7, 11) is 1.61. The second-order valence-corrected chi connectivity index (χ2v) is 6.55. The molecule has 5 heteroatoms. The van der Waals surface area contributed by atoms with Crippen LogP contribution in [-0.4, -0.2) is 12.9 Å². The molecule has 1 unspecified atom stereocenters. The minimum Gasteiger partial charge on any atom is -0.497 e.